The first-order valence-corrected chi connectivity index (χ1v) is 5.90. The minimum Gasteiger partial charge on any atom is -0.390 e. The van der Waals surface area contributed by atoms with Crippen LogP contribution in [0.3, 0.4) is 0 Å². The minimum absolute atomic E-state index is 0.478. The Bertz CT molecular complexity index is 147. The lowest BCUT2D eigenvalue weighted by Crippen LogP contribution is -2.43. The van der Waals surface area contributed by atoms with Crippen LogP contribution in [0.2, 0.25) is 0 Å². The molecule has 0 spiro atoms. The topological polar surface area (TPSA) is 40.5 Å². The molecular formula is C12H26O2. The second kappa shape index (κ2) is 6.41. The molecule has 3 atom stereocenters. The Kier molecular flexibility index (Phi) is 6.38. The summed E-state index contributed by atoms with van der Waals surface area (Å²) >= 11 is 0. The summed E-state index contributed by atoms with van der Waals surface area (Å²) in [6.45, 7) is 8.22. The summed E-state index contributed by atoms with van der Waals surface area (Å²) in [7, 11) is 0. The van der Waals surface area contributed by atoms with Crippen molar-refractivity contribution in [2.75, 3.05) is 0 Å². The molecule has 0 aliphatic rings. The zero-order valence-corrected chi connectivity index (χ0v) is 10.1. The minimum atomic E-state index is -0.870. The quantitative estimate of drug-likeness (QED) is 0.666. The maximum absolute atomic E-state index is 10.3. The lowest BCUT2D eigenvalue weighted by atomic mass is 9.82. The highest BCUT2D eigenvalue weighted by Crippen LogP contribution is 2.28. The molecule has 2 N–H and O–H groups in total. The van der Waals surface area contributed by atoms with Crippen molar-refractivity contribution in [3.05, 3.63) is 0 Å². The number of rotatable bonds is 7. The van der Waals surface area contributed by atoms with E-state index >= 15 is 0 Å². The highest BCUT2D eigenvalue weighted by Gasteiger charge is 2.33. The van der Waals surface area contributed by atoms with Crippen LogP contribution < -0.4 is 0 Å². The molecule has 0 rings (SSSR count). The SMILES string of the molecule is CCCC(O)C(O)(CC)CC(C)CC. The van der Waals surface area contributed by atoms with Crippen LogP contribution in [0.5, 0.6) is 0 Å². The monoisotopic (exact) mass is 202 g/mol. The van der Waals surface area contributed by atoms with Crippen LogP contribution in [0.4, 0.5) is 0 Å². The number of aliphatic hydroxyl groups is 2. The van der Waals surface area contributed by atoms with Crippen molar-refractivity contribution in [3.63, 3.8) is 0 Å². The molecule has 0 bridgehead atoms. The smallest absolute Gasteiger partial charge is 0.0905 e. The second-order valence-electron chi connectivity index (χ2n) is 4.48. The molecule has 2 heteroatoms. The predicted octanol–water partition coefficient (Wildman–Crippen LogP) is 2.72. The fourth-order valence-electron chi connectivity index (χ4n) is 1.81. The molecule has 0 amide bonds. The lowest BCUT2D eigenvalue weighted by Gasteiger charge is -2.34. The van der Waals surface area contributed by atoms with Crippen molar-refractivity contribution in [2.45, 2.75) is 71.5 Å². The van der Waals surface area contributed by atoms with E-state index in [4.69, 9.17) is 0 Å². The first kappa shape index (κ1) is 13.9. The number of hydrogen-bond donors (Lipinski definition) is 2. The van der Waals surface area contributed by atoms with Gasteiger partial charge in [0.2, 0.25) is 0 Å². The third kappa shape index (κ3) is 3.97. The van der Waals surface area contributed by atoms with Crippen molar-refractivity contribution < 1.29 is 10.2 Å². The fraction of sp³-hybridized carbons (Fsp3) is 1.00. The van der Waals surface area contributed by atoms with Gasteiger partial charge in [-0.3, -0.25) is 0 Å². The van der Waals surface area contributed by atoms with Gasteiger partial charge in [-0.25, -0.2) is 0 Å². The van der Waals surface area contributed by atoms with Crippen LogP contribution in [0, 0.1) is 5.92 Å². The van der Waals surface area contributed by atoms with Crippen LogP contribution in [0.1, 0.15) is 59.8 Å². The number of hydrogen-bond acceptors (Lipinski definition) is 2. The van der Waals surface area contributed by atoms with Gasteiger partial charge in [0.05, 0.1) is 11.7 Å². The van der Waals surface area contributed by atoms with E-state index in [1.807, 2.05) is 13.8 Å². The summed E-state index contributed by atoms with van der Waals surface area (Å²) in [6.07, 6.45) is 3.46. The van der Waals surface area contributed by atoms with Crippen LogP contribution in [-0.2, 0) is 0 Å². The Hall–Kier alpha value is -0.0800. The van der Waals surface area contributed by atoms with Gasteiger partial charge >= 0.3 is 0 Å². The third-order valence-corrected chi connectivity index (χ3v) is 3.19. The highest BCUT2D eigenvalue weighted by molar-refractivity contribution is 4.86. The molecule has 0 aliphatic carbocycles. The van der Waals surface area contributed by atoms with Gasteiger partial charge in [-0.2, -0.15) is 0 Å². The Balaban J connectivity index is 4.29. The zero-order valence-electron chi connectivity index (χ0n) is 10.1. The molecule has 0 saturated carbocycles. The van der Waals surface area contributed by atoms with Crippen LogP contribution in [-0.4, -0.2) is 21.9 Å². The van der Waals surface area contributed by atoms with Crippen LogP contribution >= 0.6 is 0 Å². The normalized spacial score (nSPS) is 20.1. The molecule has 2 nitrogen and oxygen atoms in total. The van der Waals surface area contributed by atoms with E-state index in [1.165, 1.54) is 0 Å². The molecular weight excluding hydrogens is 176 g/mol. The Morgan fingerprint density at radius 1 is 1.21 bits per heavy atom. The molecule has 86 valence electrons. The average molecular weight is 202 g/mol. The summed E-state index contributed by atoms with van der Waals surface area (Å²) in [6, 6.07) is 0. The van der Waals surface area contributed by atoms with Gasteiger partial charge in [0.1, 0.15) is 0 Å². The molecule has 0 aromatic carbocycles. The predicted molar refractivity (Wildman–Crippen MR) is 60.2 cm³/mol. The van der Waals surface area contributed by atoms with E-state index in [1.54, 1.807) is 0 Å². The Labute approximate surface area is 88.3 Å². The molecule has 0 aliphatic heterocycles. The summed E-state index contributed by atoms with van der Waals surface area (Å²) < 4.78 is 0. The van der Waals surface area contributed by atoms with Crippen molar-refractivity contribution in [3.8, 4) is 0 Å². The standard InChI is InChI=1S/C12H26O2/c1-5-8-11(13)12(14,7-3)9-10(4)6-2/h10-11,13-14H,5-9H2,1-4H3. The summed E-state index contributed by atoms with van der Waals surface area (Å²) in [4.78, 5) is 0. The van der Waals surface area contributed by atoms with Crippen molar-refractivity contribution in [2.24, 2.45) is 5.92 Å². The van der Waals surface area contributed by atoms with E-state index in [0.717, 1.165) is 12.8 Å². The maximum atomic E-state index is 10.3. The molecule has 0 heterocycles. The summed E-state index contributed by atoms with van der Waals surface area (Å²) in [5.74, 6) is 0.478. The fourth-order valence-corrected chi connectivity index (χ4v) is 1.81. The molecule has 3 unspecified atom stereocenters. The van der Waals surface area contributed by atoms with Crippen LogP contribution in [0.15, 0.2) is 0 Å². The van der Waals surface area contributed by atoms with Crippen LogP contribution in [0.25, 0.3) is 0 Å². The van der Waals surface area contributed by atoms with E-state index < -0.39 is 11.7 Å². The highest BCUT2D eigenvalue weighted by atomic mass is 16.3. The Morgan fingerprint density at radius 3 is 2.14 bits per heavy atom. The Morgan fingerprint density at radius 2 is 1.79 bits per heavy atom. The van der Waals surface area contributed by atoms with Gasteiger partial charge in [-0.1, -0.05) is 40.5 Å². The summed E-state index contributed by atoms with van der Waals surface area (Å²) in [5, 5.41) is 20.1. The molecule has 14 heavy (non-hydrogen) atoms. The molecule has 0 fully saturated rings. The molecule has 0 radical (unpaired) electrons. The van der Waals surface area contributed by atoms with Gasteiger partial charge in [0.15, 0.2) is 0 Å². The zero-order chi connectivity index (χ0) is 11.2. The van der Waals surface area contributed by atoms with E-state index in [0.29, 0.717) is 25.2 Å². The van der Waals surface area contributed by atoms with Crippen molar-refractivity contribution >= 4 is 0 Å². The van der Waals surface area contributed by atoms with E-state index in [9.17, 15) is 10.2 Å². The van der Waals surface area contributed by atoms with Crippen molar-refractivity contribution in [1.82, 2.24) is 0 Å². The molecule has 0 saturated heterocycles. The lowest BCUT2D eigenvalue weighted by molar-refractivity contribution is -0.0938. The summed E-state index contributed by atoms with van der Waals surface area (Å²) in [5.41, 5.74) is -0.870. The maximum Gasteiger partial charge on any atom is 0.0905 e. The molecule has 0 aromatic heterocycles. The molecule has 0 aromatic rings. The third-order valence-electron chi connectivity index (χ3n) is 3.19. The first-order valence-electron chi connectivity index (χ1n) is 5.90. The van der Waals surface area contributed by atoms with Gasteiger partial charge in [0, 0.05) is 0 Å². The number of aliphatic hydroxyl groups excluding tert-OH is 1. The van der Waals surface area contributed by atoms with Gasteiger partial charge < -0.3 is 10.2 Å². The second-order valence-corrected chi connectivity index (χ2v) is 4.48. The van der Waals surface area contributed by atoms with Gasteiger partial charge in [-0.05, 0) is 25.2 Å². The van der Waals surface area contributed by atoms with Crippen molar-refractivity contribution in [1.29, 1.82) is 0 Å². The largest absolute Gasteiger partial charge is 0.390 e. The first-order chi connectivity index (χ1) is 6.50. The van der Waals surface area contributed by atoms with E-state index in [2.05, 4.69) is 13.8 Å². The van der Waals surface area contributed by atoms with Gasteiger partial charge in [-0.15, -0.1) is 0 Å². The van der Waals surface area contributed by atoms with E-state index in [-0.39, 0.29) is 0 Å². The average Bonchev–Trinajstić information content (AvgIpc) is 2.17. The van der Waals surface area contributed by atoms with Gasteiger partial charge in [0.25, 0.3) is 0 Å².